The van der Waals surface area contributed by atoms with Crippen LogP contribution in [0.4, 0.5) is 4.39 Å². The fraction of sp³-hybridized carbons (Fsp3) is 0.412. The molecule has 130 valence electrons. The van der Waals surface area contributed by atoms with Crippen molar-refractivity contribution in [3.8, 4) is 6.07 Å². The van der Waals surface area contributed by atoms with Crippen LogP contribution in [0.25, 0.3) is 0 Å². The third kappa shape index (κ3) is 4.38. The van der Waals surface area contributed by atoms with Crippen molar-refractivity contribution >= 4 is 17.2 Å². The van der Waals surface area contributed by atoms with E-state index in [1.54, 1.807) is 17.4 Å². The number of alkyl halides is 1. The van der Waals surface area contributed by atoms with Gasteiger partial charge in [-0.25, -0.2) is 14.4 Å². The van der Waals surface area contributed by atoms with Gasteiger partial charge in [-0.15, -0.1) is 11.3 Å². The molecule has 3 heterocycles. The maximum Gasteiger partial charge on any atom is 0.269 e. The van der Waals surface area contributed by atoms with Gasteiger partial charge in [0.2, 0.25) is 0 Å². The second-order valence-corrected chi connectivity index (χ2v) is 7.09. The molecule has 2 atom stereocenters. The van der Waals surface area contributed by atoms with E-state index in [4.69, 9.17) is 5.26 Å². The molecular formula is C17H18FN5OS. The number of hydrogen-bond donors (Lipinski definition) is 1. The molecule has 2 aromatic heterocycles. The van der Waals surface area contributed by atoms with Crippen molar-refractivity contribution in [1.82, 2.24) is 20.2 Å². The number of nitrogens with zero attached hydrogens (tertiary/aromatic N) is 4. The third-order valence-electron chi connectivity index (χ3n) is 4.13. The zero-order valence-electron chi connectivity index (χ0n) is 13.8. The molecule has 25 heavy (non-hydrogen) atoms. The predicted molar refractivity (Wildman–Crippen MR) is 91.8 cm³/mol. The molecule has 0 saturated carbocycles. The Hall–Kier alpha value is -2.37. The average Bonchev–Trinajstić information content (AvgIpc) is 3.18. The molecule has 0 unspecified atom stereocenters. The lowest BCUT2D eigenvalue weighted by molar-refractivity contribution is 0.0934. The number of nitrogens with one attached hydrogen (secondary N) is 1. The number of likely N-dealkylation sites (tertiary alicyclic amines) is 1. The number of halogens is 1. The topological polar surface area (TPSA) is 81.9 Å². The molecule has 1 saturated heterocycles. The molecule has 8 heteroatoms. The smallest absolute Gasteiger partial charge is 0.269 e. The third-order valence-corrected chi connectivity index (χ3v) is 4.95. The molecule has 0 bridgehead atoms. The summed E-state index contributed by atoms with van der Waals surface area (Å²) in [6.45, 7) is 3.23. The Kier molecular flexibility index (Phi) is 5.36. The first-order valence-electron chi connectivity index (χ1n) is 7.98. The zero-order chi connectivity index (χ0) is 17.8. The summed E-state index contributed by atoms with van der Waals surface area (Å²) in [6.07, 6.45) is 0.859. The highest BCUT2D eigenvalue weighted by atomic mass is 32.1. The molecule has 1 aliphatic rings. The summed E-state index contributed by atoms with van der Waals surface area (Å²) < 4.78 is 13.8. The van der Waals surface area contributed by atoms with E-state index in [-0.39, 0.29) is 17.6 Å². The summed E-state index contributed by atoms with van der Waals surface area (Å²) in [6, 6.07) is 4.95. The van der Waals surface area contributed by atoms with Crippen LogP contribution in [0.15, 0.2) is 23.7 Å². The van der Waals surface area contributed by atoms with E-state index < -0.39 is 6.17 Å². The number of rotatable bonds is 5. The highest BCUT2D eigenvalue weighted by molar-refractivity contribution is 7.09. The van der Waals surface area contributed by atoms with E-state index in [1.165, 1.54) is 12.3 Å². The molecule has 3 rings (SSSR count). The lowest BCUT2D eigenvalue weighted by atomic mass is 10.2. The first kappa shape index (κ1) is 17.5. The number of pyridine rings is 1. The van der Waals surface area contributed by atoms with Gasteiger partial charge in [0.05, 0.1) is 16.3 Å². The summed E-state index contributed by atoms with van der Waals surface area (Å²) >= 11 is 1.58. The standard InChI is InChI=1S/C17H18FN5OS/c1-11-22-14(10-25-11)9-23-8-13(18)4-15(23)7-21-17(24)16-3-2-12(5-19)6-20-16/h2-3,6,10,13,15H,4,7-9H2,1H3,(H,21,24)/t13-,15-/m0/s1. The van der Waals surface area contributed by atoms with Crippen molar-refractivity contribution in [3.63, 3.8) is 0 Å². The number of aryl methyl sites for hydroxylation is 1. The van der Waals surface area contributed by atoms with Crippen LogP contribution in [0, 0.1) is 18.3 Å². The van der Waals surface area contributed by atoms with Gasteiger partial charge in [0.25, 0.3) is 5.91 Å². The molecule has 0 spiro atoms. The average molecular weight is 359 g/mol. The van der Waals surface area contributed by atoms with Gasteiger partial charge in [0.15, 0.2) is 0 Å². The fourth-order valence-corrected chi connectivity index (χ4v) is 3.52. The number of nitriles is 1. The van der Waals surface area contributed by atoms with Crippen LogP contribution in [0.2, 0.25) is 0 Å². The summed E-state index contributed by atoms with van der Waals surface area (Å²) in [7, 11) is 0. The Bertz CT molecular complexity index is 785. The molecule has 0 radical (unpaired) electrons. The van der Waals surface area contributed by atoms with E-state index in [0.717, 1.165) is 10.7 Å². The summed E-state index contributed by atoms with van der Waals surface area (Å²) in [4.78, 5) is 22.6. The van der Waals surface area contributed by atoms with Gasteiger partial charge in [-0.1, -0.05) is 0 Å². The molecule has 1 fully saturated rings. The molecule has 2 aromatic rings. The molecule has 0 aromatic carbocycles. The fourth-order valence-electron chi connectivity index (χ4n) is 2.91. The Morgan fingerprint density at radius 1 is 1.56 bits per heavy atom. The minimum Gasteiger partial charge on any atom is -0.349 e. The van der Waals surface area contributed by atoms with Gasteiger partial charge in [-0.2, -0.15) is 5.26 Å². The first-order chi connectivity index (χ1) is 12.0. The van der Waals surface area contributed by atoms with Crippen LogP contribution in [-0.2, 0) is 6.54 Å². The SMILES string of the molecule is Cc1nc(CN2C[C@@H](F)C[C@H]2CNC(=O)c2ccc(C#N)cn2)cs1. The van der Waals surface area contributed by atoms with Crippen LogP contribution in [-0.4, -0.2) is 46.1 Å². The number of aromatic nitrogens is 2. The van der Waals surface area contributed by atoms with E-state index >= 15 is 0 Å². The Morgan fingerprint density at radius 2 is 2.40 bits per heavy atom. The van der Waals surface area contributed by atoms with Gasteiger partial charge in [-0.3, -0.25) is 9.69 Å². The van der Waals surface area contributed by atoms with Crippen molar-refractivity contribution < 1.29 is 9.18 Å². The minimum atomic E-state index is -0.894. The van der Waals surface area contributed by atoms with Gasteiger partial charge < -0.3 is 5.32 Å². The monoisotopic (exact) mass is 359 g/mol. The Balaban J connectivity index is 1.58. The Morgan fingerprint density at radius 3 is 3.04 bits per heavy atom. The minimum absolute atomic E-state index is 0.0701. The van der Waals surface area contributed by atoms with Crippen molar-refractivity contribution in [2.24, 2.45) is 0 Å². The molecule has 1 aliphatic heterocycles. The number of thiazole rings is 1. The first-order valence-corrected chi connectivity index (χ1v) is 8.86. The van der Waals surface area contributed by atoms with E-state index in [0.29, 0.717) is 31.6 Å². The number of carbonyl (C=O) groups excluding carboxylic acids is 1. The van der Waals surface area contributed by atoms with E-state index in [2.05, 4.69) is 15.3 Å². The van der Waals surface area contributed by atoms with Gasteiger partial charge in [0.1, 0.15) is 17.9 Å². The quantitative estimate of drug-likeness (QED) is 0.884. The van der Waals surface area contributed by atoms with Crippen LogP contribution < -0.4 is 5.32 Å². The normalized spacial score (nSPS) is 20.4. The summed E-state index contributed by atoms with van der Waals surface area (Å²) in [5.41, 5.74) is 1.58. The van der Waals surface area contributed by atoms with Crippen molar-refractivity contribution in [2.45, 2.75) is 32.1 Å². The summed E-state index contributed by atoms with van der Waals surface area (Å²) in [5.74, 6) is -0.323. The molecule has 6 nitrogen and oxygen atoms in total. The van der Waals surface area contributed by atoms with E-state index in [1.807, 2.05) is 23.3 Å². The second-order valence-electron chi connectivity index (χ2n) is 6.03. The van der Waals surface area contributed by atoms with Gasteiger partial charge in [-0.05, 0) is 25.5 Å². The number of amides is 1. The van der Waals surface area contributed by atoms with Gasteiger partial charge >= 0.3 is 0 Å². The molecule has 1 amide bonds. The van der Waals surface area contributed by atoms with Crippen molar-refractivity contribution in [2.75, 3.05) is 13.1 Å². The highest BCUT2D eigenvalue weighted by Crippen LogP contribution is 2.23. The van der Waals surface area contributed by atoms with Gasteiger partial charge in [0, 0.05) is 37.3 Å². The number of hydrogen-bond acceptors (Lipinski definition) is 6. The van der Waals surface area contributed by atoms with Crippen LogP contribution >= 0.6 is 11.3 Å². The van der Waals surface area contributed by atoms with Crippen LogP contribution in [0.3, 0.4) is 0 Å². The summed E-state index contributed by atoms with van der Waals surface area (Å²) in [5, 5.41) is 14.5. The van der Waals surface area contributed by atoms with E-state index in [9.17, 15) is 9.18 Å². The van der Waals surface area contributed by atoms with Crippen molar-refractivity contribution in [3.05, 3.63) is 45.7 Å². The molecule has 0 aliphatic carbocycles. The van der Waals surface area contributed by atoms with Crippen LogP contribution in [0.1, 0.15) is 33.2 Å². The lowest BCUT2D eigenvalue weighted by Gasteiger charge is -2.23. The second kappa shape index (κ2) is 7.68. The highest BCUT2D eigenvalue weighted by Gasteiger charge is 2.32. The number of carbonyl (C=O) groups is 1. The molecule has 1 N–H and O–H groups in total. The maximum absolute atomic E-state index is 13.8. The van der Waals surface area contributed by atoms with Crippen LogP contribution in [0.5, 0.6) is 0 Å². The molecular weight excluding hydrogens is 341 g/mol. The Labute approximate surface area is 149 Å². The van der Waals surface area contributed by atoms with Crippen molar-refractivity contribution in [1.29, 1.82) is 5.26 Å². The maximum atomic E-state index is 13.8. The zero-order valence-corrected chi connectivity index (χ0v) is 14.6. The largest absolute Gasteiger partial charge is 0.349 e. The lowest BCUT2D eigenvalue weighted by Crippen LogP contribution is -2.40. The predicted octanol–water partition coefficient (Wildman–Crippen LogP) is 2.06.